The number of piperidine rings is 1. The maximum Gasteiger partial charge on any atom is 0.223 e. The molecule has 0 radical (unpaired) electrons. The van der Waals surface area contributed by atoms with Gasteiger partial charge < -0.3 is 16.0 Å². The summed E-state index contributed by atoms with van der Waals surface area (Å²) in [7, 11) is 1.78. The first-order valence-electron chi connectivity index (χ1n) is 9.00. The molecule has 0 spiro atoms. The molecule has 2 rings (SSSR count). The highest BCUT2D eigenvalue weighted by molar-refractivity contribution is 5.81. The number of aliphatic imine (C=N–C) groups is 1. The van der Waals surface area contributed by atoms with E-state index in [2.05, 4.69) is 39.7 Å². The van der Waals surface area contributed by atoms with E-state index in [0.717, 1.165) is 25.3 Å². The Hall–Kier alpha value is -1.30. The molecular weight excluding hydrogens is 290 g/mol. The van der Waals surface area contributed by atoms with Crippen LogP contribution in [0.5, 0.6) is 0 Å². The maximum atomic E-state index is 11.6. The molecule has 1 heterocycles. The normalized spacial score (nSPS) is 20.2. The van der Waals surface area contributed by atoms with Crippen molar-refractivity contribution in [1.82, 2.24) is 20.9 Å². The number of hydrogen-bond donors (Lipinski definition) is 3. The van der Waals surface area contributed by atoms with Gasteiger partial charge in [-0.2, -0.15) is 0 Å². The molecule has 1 amide bonds. The molecule has 0 atom stereocenters. The van der Waals surface area contributed by atoms with Gasteiger partial charge in [0.1, 0.15) is 0 Å². The summed E-state index contributed by atoms with van der Waals surface area (Å²) in [5.74, 6) is 1.27. The minimum absolute atomic E-state index is 0.123. The summed E-state index contributed by atoms with van der Waals surface area (Å²) in [6.07, 6.45) is 6.06. The van der Waals surface area contributed by atoms with Crippen LogP contribution in [0.15, 0.2) is 4.99 Å². The standard InChI is InChI=1S/C17H33N5O/c1-17(2,22-11-5-4-6-12-22)13-21-16(18-3)20-10-9-19-15(23)14-7-8-14/h14H,4-13H2,1-3H3,(H,19,23)(H2,18,20,21). The highest BCUT2D eigenvalue weighted by atomic mass is 16.2. The van der Waals surface area contributed by atoms with Crippen molar-refractivity contribution in [3.8, 4) is 0 Å². The van der Waals surface area contributed by atoms with Gasteiger partial charge in [-0.15, -0.1) is 0 Å². The van der Waals surface area contributed by atoms with E-state index in [4.69, 9.17) is 0 Å². The molecular formula is C17H33N5O. The van der Waals surface area contributed by atoms with Crippen LogP contribution in [0.4, 0.5) is 0 Å². The average molecular weight is 323 g/mol. The van der Waals surface area contributed by atoms with Crippen LogP contribution >= 0.6 is 0 Å². The Bertz CT molecular complexity index is 411. The fourth-order valence-corrected chi connectivity index (χ4v) is 2.99. The van der Waals surface area contributed by atoms with Crippen LogP contribution in [0.3, 0.4) is 0 Å². The third kappa shape index (κ3) is 6.01. The first-order chi connectivity index (χ1) is 11.0. The smallest absolute Gasteiger partial charge is 0.223 e. The van der Waals surface area contributed by atoms with Crippen LogP contribution in [0, 0.1) is 5.92 Å². The van der Waals surface area contributed by atoms with Gasteiger partial charge in [-0.1, -0.05) is 6.42 Å². The monoisotopic (exact) mass is 323 g/mol. The number of likely N-dealkylation sites (tertiary alicyclic amines) is 1. The van der Waals surface area contributed by atoms with Crippen molar-refractivity contribution in [2.45, 2.75) is 51.5 Å². The molecule has 0 aromatic carbocycles. The molecule has 1 saturated heterocycles. The number of amides is 1. The molecule has 3 N–H and O–H groups in total. The van der Waals surface area contributed by atoms with Crippen molar-refractivity contribution in [3.05, 3.63) is 0 Å². The van der Waals surface area contributed by atoms with Crippen LogP contribution in [-0.2, 0) is 4.79 Å². The van der Waals surface area contributed by atoms with E-state index < -0.39 is 0 Å². The number of carbonyl (C=O) groups excluding carboxylic acids is 1. The predicted octanol–water partition coefficient (Wildman–Crippen LogP) is 0.942. The Morgan fingerprint density at radius 2 is 1.74 bits per heavy atom. The van der Waals surface area contributed by atoms with Crippen molar-refractivity contribution in [3.63, 3.8) is 0 Å². The maximum absolute atomic E-state index is 11.6. The highest BCUT2D eigenvalue weighted by Gasteiger charge is 2.29. The molecule has 0 aromatic rings. The van der Waals surface area contributed by atoms with E-state index in [1.54, 1.807) is 7.05 Å². The number of nitrogens with zero attached hydrogens (tertiary/aromatic N) is 2. The van der Waals surface area contributed by atoms with E-state index in [1.807, 2.05) is 0 Å². The number of rotatable bonds is 7. The van der Waals surface area contributed by atoms with Crippen molar-refractivity contribution in [1.29, 1.82) is 0 Å². The molecule has 1 aliphatic heterocycles. The van der Waals surface area contributed by atoms with E-state index in [0.29, 0.717) is 13.1 Å². The first kappa shape index (κ1) is 18.0. The molecule has 2 aliphatic rings. The second-order valence-corrected chi connectivity index (χ2v) is 7.28. The second-order valence-electron chi connectivity index (χ2n) is 7.28. The summed E-state index contributed by atoms with van der Waals surface area (Å²) < 4.78 is 0. The lowest BCUT2D eigenvalue weighted by atomic mass is 9.98. The van der Waals surface area contributed by atoms with Gasteiger partial charge in [0, 0.05) is 38.1 Å². The zero-order valence-corrected chi connectivity index (χ0v) is 15.0. The third-order valence-corrected chi connectivity index (χ3v) is 4.79. The zero-order valence-electron chi connectivity index (χ0n) is 15.0. The summed E-state index contributed by atoms with van der Waals surface area (Å²) in [6, 6.07) is 0. The van der Waals surface area contributed by atoms with Gasteiger partial charge in [-0.25, -0.2) is 0 Å². The molecule has 23 heavy (non-hydrogen) atoms. The topological polar surface area (TPSA) is 68.8 Å². The van der Waals surface area contributed by atoms with E-state index in [9.17, 15) is 4.79 Å². The number of guanidine groups is 1. The largest absolute Gasteiger partial charge is 0.355 e. The van der Waals surface area contributed by atoms with Gasteiger partial charge in [-0.3, -0.25) is 14.7 Å². The van der Waals surface area contributed by atoms with Crippen LogP contribution in [0.2, 0.25) is 0 Å². The van der Waals surface area contributed by atoms with Crippen LogP contribution < -0.4 is 16.0 Å². The molecule has 6 nitrogen and oxygen atoms in total. The second kappa shape index (κ2) is 8.52. The van der Waals surface area contributed by atoms with Crippen LogP contribution in [0.25, 0.3) is 0 Å². The van der Waals surface area contributed by atoms with E-state index in [1.165, 1.54) is 32.4 Å². The molecule has 2 fully saturated rings. The van der Waals surface area contributed by atoms with Gasteiger partial charge in [0.2, 0.25) is 5.91 Å². The molecule has 1 aliphatic carbocycles. The Labute approximate surface area is 140 Å². The van der Waals surface area contributed by atoms with Gasteiger partial charge in [0.15, 0.2) is 5.96 Å². The van der Waals surface area contributed by atoms with Gasteiger partial charge in [0.05, 0.1) is 0 Å². The van der Waals surface area contributed by atoms with Gasteiger partial charge in [0.25, 0.3) is 0 Å². The quantitative estimate of drug-likeness (QED) is 0.371. The molecule has 1 saturated carbocycles. The Morgan fingerprint density at radius 1 is 1.09 bits per heavy atom. The zero-order chi connectivity index (χ0) is 16.7. The fourth-order valence-electron chi connectivity index (χ4n) is 2.99. The molecule has 0 bridgehead atoms. The lowest BCUT2D eigenvalue weighted by molar-refractivity contribution is -0.122. The van der Waals surface area contributed by atoms with Crippen molar-refractivity contribution in [2.75, 3.05) is 39.8 Å². The number of carbonyl (C=O) groups is 1. The average Bonchev–Trinajstić information content (AvgIpc) is 3.40. The van der Waals surface area contributed by atoms with Crippen LogP contribution in [-0.4, -0.2) is 62.1 Å². The van der Waals surface area contributed by atoms with E-state index >= 15 is 0 Å². The minimum Gasteiger partial charge on any atom is -0.355 e. The lowest BCUT2D eigenvalue weighted by Crippen LogP contribution is -2.55. The Balaban J connectivity index is 1.64. The molecule has 0 aromatic heterocycles. The molecule has 0 unspecified atom stereocenters. The van der Waals surface area contributed by atoms with E-state index in [-0.39, 0.29) is 17.4 Å². The fraction of sp³-hybridized carbons (Fsp3) is 0.882. The number of nitrogens with one attached hydrogen (secondary N) is 3. The van der Waals surface area contributed by atoms with Crippen molar-refractivity contribution in [2.24, 2.45) is 10.9 Å². The first-order valence-corrected chi connectivity index (χ1v) is 9.00. The lowest BCUT2D eigenvalue weighted by Gasteiger charge is -2.41. The summed E-state index contributed by atoms with van der Waals surface area (Å²) in [6.45, 7) is 9.15. The summed E-state index contributed by atoms with van der Waals surface area (Å²) in [5.41, 5.74) is 0.123. The molecule has 132 valence electrons. The van der Waals surface area contributed by atoms with Crippen molar-refractivity contribution >= 4 is 11.9 Å². The van der Waals surface area contributed by atoms with Gasteiger partial charge >= 0.3 is 0 Å². The van der Waals surface area contributed by atoms with Crippen LogP contribution in [0.1, 0.15) is 46.0 Å². The summed E-state index contributed by atoms with van der Waals surface area (Å²) in [4.78, 5) is 18.4. The summed E-state index contributed by atoms with van der Waals surface area (Å²) in [5, 5.41) is 9.64. The van der Waals surface area contributed by atoms with Crippen molar-refractivity contribution < 1.29 is 4.79 Å². The van der Waals surface area contributed by atoms with Gasteiger partial charge in [-0.05, 0) is 52.6 Å². The summed E-state index contributed by atoms with van der Waals surface area (Å²) >= 11 is 0. The Kier molecular flexibility index (Phi) is 6.69. The minimum atomic E-state index is 0.123. The molecule has 6 heteroatoms. The SMILES string of the molecule is CN=C(NCCNC(=O)C1CC1)NCC(C)(C)N1CCCCC1. The Morgan fingerprint density at radius 3 is 2.35 bits per heavy atom. The number of hydrogen-bond acceptors (Lipinski definition) is 3. The predicted molar refractivity (Wildman–Crippen MR) is 94.6 cm³/mol. The third-order valence-electron chi connectivity index (χ3n) is 4.79. The highest BCUT2D eigenvalue weighted by Crippen LogP contribution is 2.28.